The fraction of sp³-hybridized carbons (Fsp3) is 0.0476. The second-order valence-corrected chi connectivity index (χ2v) is 9.81. The third kappa shape index (κ3) is 12.7. The van der Waals surface area contributed by atoms with Crippen molar-refractivity contribution in [3.63, 3.8) is 0 Å². The molecule has 2 nitrogen and oxygen atoms in total. The van der Waals surface area contributed by atoms with Gasteiger partial charge >= 0.3 is 23.1 Å². The Morgan fingerprint density at radius 2 is 1.38 bits per heavy atom. The van der Waals surface area contributed by atoms with Crippen LogP contribution < -0.4 is 10.2 Å². The van der Waals surface area contributed by atoms with Crippen molar-refractivity contribution in [1.82, 2.24) is 0 Å². The molecule has 0 unspecified atom stereocenters. The van der Waals surface area contributed by atoms with Gasteiger partial charge < -0.3 is 10.2 Å². The minimum atomic E-state index is -0.250. The van der Waals surface area contributed by atoms with Gasteiger partial charge in [-0.15, -0.1) is 24.9 Å². The van der Waals surface area contributed by atoms with Crippen molar-refractivity contribution < 1.29 is 10.2 Å². The van der Waals surface area contributed by atoms with Crippen LogP contribution in [0.15, 0.2) is 158 Å². The largest absolute Gasteiger partial charge is 2.00 e. The van der Waals surface area contributed by atoms with Gasteiger partial charge in [-0.3, -0.25) is 0 Å². The Kier molecular flexibility index (Phi) is 16.3. The van der Waals surface area contributed by atoms with Crippen LogP contribution in [0.1, 0.15) is 27.8 Å². The number of terminal acetylenes is 1. The Hall–Kier alpha value is -4.85. The number of rotatable bonds is 10. The third-order valence-electron chi connectivity index (χ3n) is 6.50. The summed E-state index contributed by atoms with van der Waals surface area (Å²) in [5.41, 5.74) is 9.11. The zero-order valence-corrected chi connectivity index (χ0v) is 27.1. The van der Waals surface area contributed by atoms with E-state index in [1.165, 1.54) is 0 Å². The zero-order valence-electron chi connectivity index (χ0n) is 25.7. The summed E-state index contributed by atoms with van der Waals surface area (Å²) in [6, 6.07) is 31.9. The number of aryl methyl sites for hydroxylation is 1. The molecule has 218 valence electrons. The summed E-state index contributed by atoms with van der Waals surface area (Å²) in [7, 11) is 0. The van der Waals surface area contributed by atoms with Gasteiger partial charge in [-0.2, -0.15) is 0 Å². The van der Waals surface area contributed by atoms with E-state index in [9.17, 15) is 10.2 Å². The van der Waals surface area contributed by atoms with E-state index in [-0.39, 0.29) is 35.4 Å². The van der Waals surface area contributed by atoms with Gasteiger partial charge in [0.05, 0.1) is 0 Å². The Balaban J connectivity index is 0.000000307. The van der Waals surface area contributed by atoms with E-state index < -0.39 is 0 Å². The SMILES string of the molecule is C#C/C=C(\C=C/C[O-])c1ccc(/C=C/c2ccccc2)cc1.C=C/C=C\C(=C)/C=C/c1ccc(-c2ccc([O-])c(C)c2)cc1.[Mg+2]. The summed E-state index contributed by atoms with van der Waals surface area (Å²) in [6.45, 7) is 9.16. The Morgan fingerprint density at radius 3 is 1.98 bits per heavy atom. The Labute approximate surface area is 284 Å². The first kappa shape index (κ1) is 36.3. The molecular formula is C42H36MgO2. The molecule has 0 fully saturated rings. The fourth-order valence-corrected chi connectivity index (χ4v) is 4.10. The molecule has 45 heavy (non-hydrogen) atoms. The first-order valence-electron chi connectivity index (χ1n) is 14.2. The van der Waals surface area contributed by atoms with Crippen LogP contribution in [0.25, 0.3) is 34.9 Å². The molecule has 0 aliphatic carbocycles. The molecule has 4 aromatic rings. The topological polar surface area (TPSA) is 46.1 Å². The molecule has 0 aliphatic rings. The van der Waals surface area contributed by atoms with E-state index in [1.54, 1.807) is 30.4 Å². The van der Waals surface area contributed by atoms with Crippen molar-refractivity contribution in [2.75, 3.05) is 6.61 Å². The molecular weight excluding hydrogens is 561 g/mol. The molecule has 4 rings (SSSR count). The van der Waals surface area contributed by atoms with Gasteiger partial charge in [-0.1, -0.05) is 170 Å². The monoisotopic (exact) mass is 596 g/mol. The van der Waals surface area contributed by atoms with Gasteiger partial charge in [-0.05, 0) is 57.5 Å². The van der Waals surface area contributed by atoms with Crippen molar-refractivity contribution in [3.8, 4) is 29.2 Å². The maximum Gasteiger partial charge on any atom is 2.00 e. The van der Waals surface area contributed by atoms with E-state index in [0.717, 1.165) is 50.1 Å². The minimum Gasteiger partial charge on any atom is -0.872 e. The van der Waals surface area contributed by atoms with Gasteiger partial charge in [0.15, 0.2) is 0 Å². The molecule has 0 amide bonds. The third-order valence-corrected chi connectivity index (χ3v) is 6.50. The number of benzene rings is 4. The predicted molar refractivity (Wildman–Crippen MR) is 192 cm³/mol. The molecule has 0 atom stereocenters. The van der Waals surface area contributed by atoms with Crippen LogP contribution in [0, 0.1) is 19.3 Å². The smallest absolute Gasteiger partial charge is 0.872 e. The summed E-state index contributed by atoms with van der Waals surface area (Å²) in [6.07, 6.45) is 23.9. The van der Waals surface area contributed by atoms with Crippen LogP contribution in [-0.4, -0.2) is 29.7 Å². The Bertz CT molecular complexity index is 1710. The molecule has 0 spiro atoms. The zero-order chi connectivity index (χ0) is 31.6. The molecule has 0 bridgehead atoms. The predicted octanol–water partition coefficient (Wildman–Crippen LogP) is 8.46. The van der Waals surface area contributed by atoms with E-state index >= 15 is 0 Å². The Morgan fingerprint density at radius 1 is 0.778 bits per heavy atom. The first-order valence-corrected chi connectivity index (χ1v) is 14.2. The summed E-state index contributed by atoms with van der Waals surface area (Å²) in [4.78, 5) is 0. The van der Waals surface area contributed by atoms with Gasteiger partial charge in [0.2, 0.25) is 0 Å². The van der Waals surface area contributed by atoms with Gasteiger partial charge in [0.1, 0.15) is 0 Å². The fourth-order valence-electron chi connectivity index (χ4n) is 4.10. The number of hydrogen-bond acceptors (Lipinski definition) is 2. The summed E-state index contributed by atoms with van der Waals surface area (Å²) in [5, 5.41) is 22.0. The number of allylic oxidation sites excluding steroid dienone is 8. The van der Waals surface area contributed by atoms with Gasteiger partial charge in [0, 0.05) is 0 Å². The molecule has 3 heteroatoms. The van der Waals surface area contributed by atoms with E-state index in [0.29, 0.717) is 0 Å². The van der Waals surface area contributed by atoms with Crippen molar-refractivity contribution >= 4 is 46.9 Å². The quantitative estimate of drug-likeness (QED) is 0.0798. The standard InChI is InChI=1S/C21H20O.C21H17O.Mg/c1-4-5-6-16(2)7-8-18-9-11-19(12-10-18)20-13-14-21(22)17(3)15-20;1-2-7-20(10-6-17-22)21-15-13-19(14-16-21)12-11-18-8-4-3-5-9-18;/h4-15,22H,1-2H2,3H3;1,3-16H,17H2;/q;-1;+2/p-1/b6-5-,8-7+;10-6-,12-11+,20-7+;. The normalized spacial score (nSPS) is 11.3. The van der Waals surface area contributed by atoms with Crippen molar-refractivity contribution in [2.45, 2.75) is 6.92 Å². The molecule has 0 saturated heterocycles. The minimum absolute atomic E-state index is 0. The maximum absolute atomic E-state index is 11.5. The average molecular weight is 597 g/mol. The second kappa shape index (κ2) is 20.2. The van der Waals surface area contributed by atoms with Gasteiger partial charge in [0.25, 0.3) is 0 Å². The molecule has 0 heterocycles. The first-order chi connectivity index (χ1) is 21.4. The summed E-state index contributed by atoms with van der Waals surface area (Å²) >= 11 is 0. The van der Waals surface area contributed by atoms with Crippen LogP contribution in [0.3, 0.4) is 0 Å². The number of hydrogen-bond donors (Lipinski definition) is 0. The second-order valence-electron chi connectivity index (χ2n) is 9.81. The molecule has 0 radical (unpaired) electrons. The average Bonchev–Trinajstić information content (AvgIpc) is 3.06. The molecule has 0 aromatic heterocycles. The van der Waals surface area contributed by atoms with E-state index in [2.05, 4.69) is 67.6 Å². The van der Waals surface area contributed by atoms with Crippen LogP contribution in [0.4, 0.5) is 0 Å². The van der Waals surface area contributed by atoms with Crippen LogP contribution in [0.2, 0.25) is 0 Å². The van der Waals surface area contributed by atoms with E-state index in [4.69, 9.17) is 6.42 Å². The maximum atomic E-state index is 11.5. The summed E-state index contributed by atoms with van der Waals surface area (Å²) in [5.74, 6) is 2.59. The van der Waals surface area contributed by atoms with Crippen LogP contribution >= 0.6 is 0 Å². The van der Waals surface area contributed by atoms with Crippen molar-refractivity contribution in [2.24, 2.45) is 0 Å². The molecule has 4 aromatic carbocycles. The van der Waals surface area contributed by atoms with Crippen molar-refractivity contribution in [1.29, 1.82) is 0 Å². The molecule has 0 aliphatic heterocycles. The van der Waals surface area contributed by atoms with Crippen LogP contribution in [-0.2, 0) is 0 Å². The molecule has 0 N–H and O–H groups in total. The van der Waals surface area contributed by atoms with Gasteiger partial charge in [-0.25, -0.2) is 0 Å². The molecule has 0 saturated carbocycles. The van der Waals surface area contributed by atoms with Crippen LogP contribution in [0.5, 0.6) is 5.75 Å². The van der Waals surface area contributed by atoms with Crippen molar-refractivity contribution in [3.05, 3.63) is 186 Å². The summed E-state index contributed by atoms with van der Waals surface area (Å²) < 4.78 is 0. The van der Waals surface area contributed by atoms with E-state index in [1.807, 2.05) is 85.8 Å².